The first kappa shape index (κ1) is 12.8. The minimum atomic E-state index is -0.695. The maximum atomic E-state index is 10.5. The van der Waals surface area contributed by atoms with Gasteiger partial charge in [-0.2, -0.15) is 11.8 Å². The van der Waals surface area contributed by atoms with Crippen LogP contribution in [0, 0.1) is 0 Å². The van der Waals surface area contributed by atoms with Gasteiger partial charge in [-0.3, -0.25) is 4.79 Å². The van der Waals surface area contributed by atoms with Gasteiger partial charge in [0, 0.05) is 17.8 Å². The number of rotatable bonds is 6. The number of carboxylic acids is 1. The van der Waals surface area contributed by atoms with Gasteiger partial charge in [-0.15, -0.1) is 0 Å². The molecule has 0 saturated heterocycles. The molecule has 1 N–H and O–H groups in total. The molecule has 3 nitrogen and oxygen atoms in total. The Bertz CT molecular complexity index is 211. The van der Waals surface area contributed by atoms with E-state index in [4.69, 9.17) is 5.11 Å². The highest BCUT2D eigenvalue weighted by atomic mass is 32.2. The fraction of sp³-hybridized carbons (Fsp3) is 0.909. The first-order chi connectivity index (χ1) is 7.13. The minimum Gasteiger partial charge on any atom is -0.481 e. The van der Waals surface area contributed by atoms with E-state index < -0.39 is 5.97 Å². The van der Waals surface area contributed by atoms with Crippen molar-refractivity contribution < 1.29 is 9.90 Å². The van der Waals surface area contributed by atoms with E-state index >= 15 is 0 Å². The van der Waals surface area contributed by atoms with Gasteiger partial charge in [-0.25, -0.2) is 0 Å². The highest BCUT2D eigenvalue weighted by molar-refractivity contribution is 7.99. The fourth-order valence-corrected chi connectivity index (χ4v) is 3.29. The highest BCUT2D eigenvalue weighted by Crippen LogP contribution is 2.32. The van der Waals surface area contributed by atoms with Crippen molar-refractivity contribution in [3.05, 3.63) is 0 Å². The van der Waals surface area contributed by atoms with Crippen molar-refractivity contribution >= 4 is 17.7 Å². The van der Waals surface area contributed by atoms with Crippen LogP contribution in [0.15, 0.2) is 0 Å². The molecule has 0 aliphatic heterocycles. The molecule has 15 heavy (non-hydrogen) atoms. The van der Waals surface area contributed by atoms with Gasteiger partial charge < -0.3 is 10.0 Å². The fourth-order valence-electron chi connectivity index (χ4n) is 2.16. The number of aliphatic carboxylic acids is 1. The number of hydrogen-bond acceptors (Lipinski definition) is 3. The van der Waals surface area contributed by atoms with E-state index in [9.17, 15) is 4.79 Å². The molecule has 0 radical (unpaired) electrons. The molecule has 1 aliphatic carbocycles. The summed E-state index contributed by atoms with van der Waals surface area (Å²) in [5.41, 5.74) is 0. The highest BCUT2D eigenvalue weighted by Gasteiger charge is 2.27. The number of hydrogen-bond donors (Lipinski definition) is 1. The Kier molecular flexibility index (Phi) is 5.47. The second kappa shape index (κ2) is 6.38. The van der Waals surface area contributed by atoms with E-state index in [-0.39, 0.29) is 6.42 Å². The number of nitrogens with zero attached hydrogens (tertiary/aromatic N) is 1. The zero-order valence-electron chi connectivity index (χ0n) is 9.61. The van der Waals surface area contributed by atoms with Gasteiger partial charge in [-0.05, 0) is 32.1 Å². The summed E-state index contributed by atoms with van der Waals surface area (Å²) in [6.07, 6.45) is 4.02. The lowest BCUT2D eigenvalue weighted by Crippen LogP contribution is -2.31. The van der Waals surface area contributed by atoms with E-state index in [0.717, 1.165) is 5.25 Å². The van der Waals surface area contributed by atoms with Crippen molar-refractivity contribution in [2.45, 2.75) is 43.9 Å². The summed E-state index contributed by atoms with van der Waals surface area (Å²) >= 11 is 2.04. The molecular weight excluding hydrogens is 210 g/mol. The zero-order valence-corrected chi connectivity index (χ0v) is 10.4. The number of thioether (sulfide) groups is 1. The molecular formula is C11H21NO2S. The lowest BCUT2D eigenvalue weighted by molar-refractivity contribution is -0.137. The van der Waals surface area contributed by atoms with Crippen molar-refractivity contribution in [1.29, 1.82) is 0 Å². The molecule has 88 valence electrons. The van der Waals surface area contributed by atoms with Gasteiger partial charge in [0.25, 0.3) is 0 Å². The Morgan fingerprint density at radius 2 is 2.27 bits per heavy atom. The second-order valence-corrected chi connectivity index (χ2v) is 5.75. The predicted molar refractivity (Wildman–Crippen MR) is 64.4 cm³/mol. The molecule has 1 rings (SSSR count). The Balaban J connectivity index is 2.23. The van der Waals surface area contributed by atoms with Crippen LogP contribution in [-0.4, -0.2) is 46.6 Å². The van der Waals surface area contributed by atoms with Crippen LogP contribution in [0.2, 0.25) is 0 Å². The Hall–Kier alpha value is -0.220. The smallest absolute Gasteiger partial charge is 0.304 e. The van der Waals surface area contributed by atoms with Gasteiger partial charge in [0.2, 0.25) is 0 Å². The van der Waals surface area contributed by atoms with Crippen molar-refractivity contribution in [2.24, 2.45) is 0 Å². The third-order valence-electron chi connectivity index (χ3n) is 3.06. The van der Waals surface area contributed by atoms with Crippen LogP contribution in [0.3, 0.4) is 0 Å². The summed E-state index contributed by atoms with van der Waals surface area (Å²) in [6.45, 7) is 2.88. The quantitative estimate of drug-likeness (QED) is 0.759. The molecule has 4 heteroatoms. The SMILES string of the molecule is CCS[C@@H]1CC[C@@H](N(C)CCC(=O)O)C1. The molecule has 0 unspecified atom stereocenters. The van der Waals surface area contributed by atoms with Crippen molar-refractivity contribution in [3.63, 3.8) is 0 Å². The standard InChI is InChI=1S/C11H21NO2S/c1-3-15-10-5-4-9(8-10)12(2)7-6-11(13)14/h9-10H,3-8H2,1-2H3,(H,13,14)/t9-,10-/m1/s1. The number of carbonyl (C=O) groups is 1. The monoisotopic (exact) mass is 231 g/mol. The molecule has 0 aromatic rings. The van der Waals surface area contributed by atoms with Crippen LogP contribution < -0.4 is 0 Å². The Morgan fingerprint density at radius 1 is 1.53 bits per heavy atom. The summed E-state index contributed by atoms with van der Waals surface area (Å²) in [7, 11) is 2.05. The molecule has 1 saturated carbocycles. The molecule has 0 spiro atoms. The van der Waals surface area contributed by atoms with Gasteiger partial charge >= 0.3 is 5.97 Å². The third-order valence-corrected chi connectivity index (χ3v) is 4.29. The summed E-state index contributed by atoms with van der Waals surface area (Å²) in [5.74, 6) is 0.496. The molecule has 0 aromatic carbocycles. The normalized spacial score (nSPS) is 26.1. The maximum absolute atomic E-state index is 10.5. The van der Waals surface area contributed by atoms with Crippen LogP contribution in [0.4, 0.5) is 0 Å². The second-order valence-electron chi connectivity index (χ2n) is 4.17. The van der Waals surface area contributed by atoms with E-state index in [1.807, 2.05) is 18.8 Å². The minimum absolute atomic E-state index is 0.262. The molecule has 0 aromatic heterocycles. The number of carboxylic acid groups (broad SMARTS) is 1. The third kappa shape index (κ3) is 4.43. The maximum Gasteiger partial charge on any atom is 0.304 e. The van der Waals surface area contributed by atoms with E-state index in [2.05, 4.69) is 11.8 Å². The molecule has 1 fully saturated rings. The van der Waals surface area contributed by atoms with Crippen LogP contribution >= 0.6 is 11.8 Å². The first-order valence-electron chi connectivity index (χ1n) is 5.67. The van der Waals surface area contributed by atoms with Crippen LogP contribution in [0.5, 0.6) is 0 Å². The average molecular weight is 231 g/mol. The van der Waals surface area contributed by atoms with E-state index in [1.165, 1.54) is 25.0 Å². The van der Waals surface area contributed by atoms with Crippen molar-refractivity contribution in [2.75, 3.05) is 19.3 Å². The van der Waals surface area contributed by atoms with Crippen LogP contribution in [-0.2, 0) is 4.79 Å². The summed E-state index contributed by atoms with van der Waals surface area (Å²) in [5, 5.41) is 9.41. The summed E-state index contributed by atoms with van der Waals surface area (Å²) in [6, 6.07) is 0.605. The summed E-state index contributed by atoms with van der Waals surface area (Å²) < 4.78 is 0. The first-order valence-corrected chi connectivity index (χ1v) is 6.72. The van der Waals surface area contributed by atoms with Gasteiger partial charge in [0.15, 0.2) is 0 Å². The van der Waals surface area contributed by atoms with Crippen LogP contribution in [0.1, 0.15) is 32.6 Å². The van der Waals surface area contributed by atoms with E-state index in [0.29, 0.717) is 12.6 Å². The lowest BCUT2D eigenvalue weighted by Gasteiger charge is -2.23. The Morgan fingerprint density at radius 3 is 2.87 bits per heavy atom. The van der Waals surface area contributed by atoms with Gasteiger partial charge in [-0.1, -0.05) is 6.92 Å². The molecule has 0 amide bonds. The van der Waals surface area contributed by atoms with Gasteiger partial charge in [0.05, 0.1) is 6.42 Å². The average Bonchev–Trinajstić information content (AvgIpc) is 2.63. The molecule has 2 atom stereocenters. The molecule has 0 heterocycles. The zero-order chi connectivity index (χ0) is 11.3. The lowest BCUT2D eigenvalue weighted by atomic mass is 10.2. The predicted octanol–water partition coefficient (Wildman–Crippen LogP) is 2.07. The topological polar surface area (TPSA) is 40.5 Å². The van der Waals surface area contributed by atoms with Crippen molar-refractivity contribution in [3.8, 4) is 0 Å². The summed E-state index contributed by atoms with van der Waals surface area (Å²) in [4.78, 5) is 12.7. The molecule has 1 aliphatic rings. The van der Waals surface area contributed by atoms with Crippen LogP contribution in [0.25, 0.3) is 0 Å². The van der Waals surface area contributed by atoms with Gasteiger partial charge in [0.1, 0.15) is 0 Å². The van der Waals surface area contributed by atoms with E-state index in [1.54, 1.807) is 0 Å². The van der Waals surface area contributed by atoms with Crippen molar-refractivity contribution in [1.82, 2.24) is 4.90 Å². The largest absolute Gasteiger partial charge is 0.481 e. The molecule has 0 bridgehead atoms. The Labute approximate surface area is 96.2 Å².